The molecular formula is C18H24N4OS. The van der Waals surface area contributed by atoms with Crippen LogP contribution in [0, 0.1) is 0 Å². The van der Waals surface area contributed by atoms with Crippen LogP contribution in [-0.2, 0) is 0 Å². The molecule has 3 rings (SSSR count). The van der Waals surface area contributed by atoms with Crippen LogP contribution in [0.1, 0.15) is 49.7 Å². The molecule has 3 heterocycles. The molecular weight excluding hydrogens is 320 g/mol. The van der Waals surface area contributed by atoms with E-state index in [1.54, 1.807) is 0 Å². The number of hydrogen-bond donors (Lipinski definition) is 2. The molecule has 2 N–H and O–H groups in total. The van der Waals surface area contributed by atoms with Gasteiger partial charge in [0.15, 0.2) is 5.11 Å². The molecule has 0 unspecified atom stereocenters. The molecule has 2 aromatic rings. The third-order valence-electron chi connectivity index (χ3n) is 4.43. The smallest absolute Gasteiger partial charge is 0.170 e. The van der Waals surface area contributed by atoms with Gasteiger partial charge in [0.05, 0.1) is 17.8 Å². The van der Waals surface area contributed by atoms with Crippen LogP contribution < -0.4 is 5.32 Å². The molecule has 1 saturated heterocycles. The van der Waals surface area contributed by atoms with Crippen LogP contribution >= 0.6 is 12.2 Å². The van der Waals surface area contributed by atoms with Gasteiger partial charge in [-0.05, 0) is 56.2 Å². The number of aliphatic hydroxyl groups excluding tert-OH is 1. The van der Waals surface area contributed by atoms with E-state index >= 15 is 0 Å². The highest BCUT2D eigenvalue weighted by molar-refractivity contribution is 7.80. The number of thiocarbonyl (C=S) groups is 1. The van der Waals surface area contributed by atoms with Gasteiger partial charge in [0.25, 0.3) is 0 Å². The Bertz CT molecular complexity index is 685. The lowest BCUT2D eigenvalue weighted by atomic mass is 9.99. The van der Waals surface area contributed by atoms with Crippen molar-refractivity contribution in [1.29, 1.82) is 0 Å². The van der Waals surface area contributed by atoms with Gasteiger partial charge in [-0.2, -0.15) is 0 Å². The normalized spacial score (nSPS) is 20.7. The van der Waals surface area contributed by atoms with Crippen LogP contribution in [0.5, 0.6) is 0 Å². The van der Waals surface area contributed by atoms with Crippen molar-refractivity contribution in [1.82, 2.24) is 19.8 Å². The minimum absolute atomic E-state index is 0.0143. The topological polar surface area (TPSA) is 53.3 Å². The molecule has 2 atom stereocenters. The summed E-state index contributed by atoms with van der Waals surface area (Å²) in [6, 6.07) is 8.62. The minimum atomic E-state index is 0.0143. The maximum atomic E-state index is 9.22. The van der Waals surface area contributed by atoms with Gasteiger partial charge in [0.2, 0.25) is 0 Å². The number of aliphatic hydroxyl groups is 1. The molecule has 1 fully saturated rings. The second-order valence-corrected chi connectivity index (χ2v) is 6.77. The highest BCUT2D eigenvalue weighted by atomic mass is 32.1. The Labute approximate surface area is 148 Å². The molecule has 0 aromatic carbocycles. The van der Waals surface area contributed by atoms with E-state index in [1.165, 1.54) is 5.56 Å². The second-order valence-electron chi connectivity index (χ2n) is 6.38. The van der Waals surface area contributed by atoms with Gasteiger partial charge in [-0.25, -0.2) is 0 Å². The van der Waals surface area contributed by atoms with E-state index in [4.69, 9.17) is 12.2 Å². The molecule has 2 aromatic heterocycles. The van der Waals surface area contributed by atoms with Crippen LogP contribution in [0.2, 0.25) is 0 Å². The van der Waals surface area contributed by atoms with E-state index in [2.05, 4.69) is 52.1 Å². The number of nitrogens with zero attached hydrogens (tertiary/aromatic N) is 3. The third kappa shape index (κ3) is 3.30. The van der Waals surface area contributed by atoms with E-state index in [1.807, 2.05) is 24.4 Å². The molecule has 1 aliphatic rings. The molecule has 0 radical (unpaired) electrons. The first kappa shape index (κ1) is 16.9. The summed E-state index contributed by atoms with van der Waals surface area (Å²) in [5, 5.41) is 13.4. The van der Waals surface area contributed by atoms with Gasteiger partial charge < -0.3 is 19.9 Å². The predicted octanol–water partition coefficient (Wildman–Crippen LogP) is 2.82. The maximum absolute atomic E-state index is 9.22. The van der Waals surface area contributed by atoms with Crippen LogP contribution in [0.15, 0.2) is 42.9 Å². The van der Waals surface area contributed by atoms with Gasteiger partial charge in [-0.15, -0.1) is 0 Å². The first-order chi connectivity index (χ1) is 11.6. The second kappa shape index (κ2) is 7.32. The van der Waals surface area contributed by atoms with Gasteiger partial charge >= 0.3 is 0 Å². The van der Waals surface area contributed by atoms with Crippen molar-refractivity contribution < 1.29 is 5.11 Å². The lowest BCUT2D eigenvalue weighted by Gasteiger charge is -2.27. The summed E-state index contributed by atoms with van der Waals surface area (Å²) >= 11 is 5.56. The standard InChI is InChI=1S/C18H24N4OS/c1-13(2)21-10-7-14(12-21)17-16(15-6-3-4-8-19-15)20-18(24)22(17)9-5-11-23/h3-4,6-8,10,12-13,16-17,23H,5,9,11H2,1-2H3,(H,20,24)/t16-,17-/m1/s1. The zero-order chi connectivity index (χ0) is 17.1. The molecule has 6 heteroatoms. The Morgan fingerprint density at radius 1 is 1.33 bits per heavy atom. The zero-order valence-electron chi connectivity index (χ0n) is 14.1. The summed E-state index contributed by atoms with van der Waals surface area (Å²) in [7, 11) is 0. The van der Waals surface area contributed by atoms with E-state index in [9.17, 15) is 5.11 Å². The van der Waals surface area contributed by atoms with Crippen LogP contribution in [0.25, 0.3) is 0 Å². The van der Waals surface area contributed by atoms with Crippen molar-refractivity contribution in [3.05, 3.63) is 54.1 Å². The minimum Gasteiger partial charge on any atom is -0.396 e. The van der Waals surface area contributed by atoms with E-state index in [-0.39, 0.29) is 18.7 Å². The van der Waals surface area contributed by atoms with Crippen molar-refractivity contribution in [3.8, 4) is 0 Å². The molecule has 0 amide bonds. The monoisotopic (exact) mass is 344 g/mol. The number of pyridine rings is 1. The Morgan fingerprint density at radius 2 is 2.17 bits per heavy atom. The quantitative estimate of drug-likeness (QED) is 0.789. The fourth-order valence-electron chi connectivity index (χ4n) is 3.18. The van der Waals surface area contributed by atoms with Crippen LogP contribution in [-0.4, -0.2) is 37.8 Å². The fourth-order valence-corrected chi connectivity index (χ4v) is 3.51. The van der Waals surface area contributed by atoms with Crippen molar-refractivity contribution in [3.63, 3.8) is 0 Å². The summed E-state index contributed by atoms with van der Waals surface area (Å²) in [5.74, 6) is 0. The molecule has 5 nitrogen and oxygen atoms in total. The first-order valence-corrected chi connectivity index (χ1v) is 8.79. The Morgan fingerprint density at radius 3 is 2.79 bits per heavy atom. The predicted molar refractivity (Wildman–Crippen MR) is 98.7 cm³/mol. The number of hydrogen-bond acceptors (Lipinski definition) is 3. The fraction of sp³-hybridized carbons (Fsp3) is 0.444. The van der Waals surface area contributed by atoms with Crippen molar-refractivity contribution in [2.24, 2.45) is 0 Å². The third-order valence-corrected chi connectivity index (χ3v) is 4.78. The SMILES string of the molecule is CC(C)n1ccc([C@@H]2[C@@H](c3ccccn3)NC(=S)N2CCCO)c1. The zero-order valence-corrected chi connectivity index (χ0v) is 14.9. The van der Waals surface area contributed by atoms with E-state index in [0.717, 1.165) is 17.4 Å². The number of aromatic nitrogens is 2. The summed E-state index contributed by atoms with van der Waals surface area (Å²) in [6.45, 7) is 5.22. The van der Waals surface area contributed by atoms with Crippen molar-refractivity contribution in [2.45, 2.75) is 38.4 Å². The molecule has 24 heavy (non-hydrogen) atoms. The highest BCUT2D eigenvalue weighted by Crippen LogP contribution is 2.38. The van der Waals surface area contributed by atoms with Gasteiger partial charge in [0.1, 0.15) is 0 Å². The maximum Gasteiger partial charge on any atom is 0.170 e. The molecule has 0 aliphatic carbocycles. The Kier molecular flexibility index (Phi) is 5.16. The summed E-state index contributed by atoms with van der Waals surface area (Å²) in [5.41, 5.74) is 2.19. The van der Waals surface area contributed by atoms with Gasteiger partial charge in [-0.3, -0.25) is 4.98 Å². The van der Waals surface area contributed by atoms with Crippen molar-refractivity contribution in [2.75, 3.05) is 13.2 Å². The largest absolute Gasteiger partial charge is 0.396 e. The molecule has 0 saturated carbocycles. The van der Waals surface area contributed by atoms with Crippen molar-refractivity contribution >= 4 is 17.3 Å². The summed E-state index contributed by atoms with van der Waals surface area (Å²) in [4.78, 5) is 6.69. The summed E-state index contributed by atoms with van der Waals surface area (Å²) in [6.07, 6.45) is 6.80. The Hall–Kier alpha value is -1.92. The number of rotatable bonds is 6. The average molecular weight is 344 g/mol. The molecule has 128 valence electrons. The lowest BCUT2D eigenvalue weighted by Crippen LogP contribution is -2.31. The highest BCUT2D eigenvalue weighted by Gasteiger charge is 2.39. The van der Waals surface area contributed by atoms with Crippen LogP contribution in [0.3, 0.4) is 0 Å². The molecule has 0 spiro atoms. The van der Waals surface area contributed by atoms with Gasteiger partial charge in [-0.1, -0.05) is 6.07 Å². The van der Waals surface area contributed by atoms with E-state index < -0.39 is 0 Å². The summed E-state index contributed by atoms with van der Waals surface area (Å²) < 4.78 is 2.20. The van der Waals surface area contributed by atoms with Crippen LogP contribution in [0.4, 0.5) is 0 Å². The molecule has 0 bridgehead atoms. The first-order valence-electron chi connectivity index (χ1n) is 8.38. The molecule has 1 aliphatic heterocycles. The number of nitrogens with one attached hydrogen (secondary N) is 1. The lowest BCUT2D eigenvalue weighted by molar-refractivity contribution is 0.247. The van der Waals surface area contributed by atoms with Gasteiger partial charge in [0, 0.05) is 37.8 Å². The average Bonchev–Trinajstić information content (AvgIpc) is 3.18. The Balaban J connectivity index is 1.96. The van der Waals surface area contributed by atoms with E-state index in [0.29, 0.717) is 12.5 Å².